The Hall–Kier alpha value is -0.550. The predicted molar refractivity (Wildman–Crippen MR) is 99.1 cm³/mol. The highest BCUT2D eigenvalue weighted by Crippen LogP contribution is 2.22. The molecule has 2 atom stereocenters. The lowest BCUT2D eigenvalue weighted by atomic mass is 10.00. The molecule has 3 nitrogen and oxygen atoms in total. The maximum atomic E-state index is 5.51. The Kier molecular flexibility index (Phi) is 6.81. The van der Waals surface area contributed by atoms with Crippen LogP contribution in [0.4, 0.5) is 0 Å². The fraction of sp³-hybridized carbons (Fsp3) is 0.684. The van der Waals surface area contributed by atoms with Crippen LogP contribution in [-0.2, 0) is 4.74 Å². The minimum absolute atomic E-state index is 0.478. The molecule has 4 heteroatoms. The Labute approximate surface area is 145 Å². The smallest absolute Gasteiger partial charge is 0.0507 e. The van der Waals surface area contributed by atoms with Crippen LogP contribution in [0.15, 0.2) is 30.3 Å². The zero-order valence-corrected chi connectivity index (χ0v) is 15.1. The number of nitrogens with zero attached hydrogens (tertiary/aromatic N) is 1. The lowest BCUT2D eigenvalue weighted by Gasteiger charge is -2.35. The summed E-state index contributed by atoms with van der Waals surface area (Å²) in [6, 6.07) is 12.0. The van der Waals surface area contributed by atoms with E-state index in [2.05, 4.69) is 46.8 Å². The first kappa shape index (κ1) is 17.3. The summed E-state index contributed by atoms with van der Waals surface area (Å²) in [6.45, 7) is 5.64. The quantitative estimate of drug-likeness (QED) is 0.828. The highest BCUT2D eigenvalue weighted by molar-refractivity contribution is 7.98. The number of thioether (sulfide) groups is 1. The molecule has 128 valence electrons. The van der Waals surface area contributed by atoms with E-state index >= 15 is 0 Å². The Morgan fingerprint density at radius 3 is 2.65 bits per heavy atom. The molecule has 2 aliphatic rings. The SMILES string of the molecule is CSC[C@@H](NC1CCN(C[C@@H]2CCOC2)CC1)c1ccccc1. The van der Waals surface area contributed by atoms with Gasteiger partial charge in [0, 0.05) is 31.0 Å². The van der Waals surface area contributed by atoms with Crippen molar-refractivity contribution in [3.63, 3.8) is 0 Å². The normalized spacial score (nSPS) is 24.8. The van der Waals surface area contributed by atoms with Gasteiger partial charge in [0.05, 0.1) is 6.61 Å². The van der Waals surface area contributed by atoms with Crippen molar-refractivity contribution in [3.05, 3.63) is 35.9 Å². The van der Waals surface area contributed by atoms with Gasteiger partial charge in [0.25, 0.3) is 0 Å². The number of rotatable bonds is 7. The minimum Gasteiger partial charge on any atom is -0.381 e. The summed E-state index contributed by atoms with van der Waals surface area (Å²) in [5.74, 6) is 1.91. The third-order valence-corrected chi connectivity index (χ3v) is 5.77. The highest BCUT2D eigenvalue weighted by atomic mass is 32.2. The van der Waals surface area contributed by atoms with E-state index in [0.29, 0.717) is 12.1 Å². The number of nitrogens with one attached hydrogen (secondary N) is 1. The average Bonchev–Trinajstić information content (AvgIpc) is 3.10. The molecule has 0 bridgehead atoms. The average molecular weight is 335 g/mol. The van der Waals surface area contributed by atoms with Gasteiger partial charge in [0.15, 0.2) is 0 Å². The van der Waals surface area contributed by atoms with Crippen molar-refractivity contribution < 1.29 is 4.74 Å². The number of likely N-dealkylation sites (tertiary alicyclic amines) is 1. The van der Waals surface area contributed by atoms with Crippen LogP contribution in [-0.4, -0.2) is 55.8 Å². The molecule has 0 spiro atoms. The summed E-state index contributed by atoms with van der Waals surface area (Å²) < 4.78 is 5.51. The van der Waals surface area contributed by atoms with Crippen molar-refractivity contribution >= 4 is 11.8 Å². The fourth-order valence-corrected chi connectivity index (χ4v) is 4.37. The van der Waals surface area contributed by atoms with Gasteiger partial charge in [0.2, 0.25) is 0 Å². The first-order valence-electron chi connectivity index (χ1n) is 8.95. The number of piperidine rings is 1. The second kappa shape index (κ2) is 9.07. The van der Waals surface area contributed by atoms with Crippen LogP contribution in [0.1, 0.15) is 30.9 Å². The van der Waals surface area contributed by atoms with E-state index in [4.69, 9.17) is 4.74 Å². The van der Waals surface area contributed by atoms with Crippen LogP contribution >= 0.6 is 11.8 Å². The molecule has 2 saturated heterocycles. The van der Waals surface area contributed by atoms with Gasteiger partial charge in [0.1, 0.15) is 0 Å². The summed E-state index contributed by atoms with van der Waals surface area (Å²) in [5, 5.41) is 3.92. The topological polar surface area (TPSA) is 24.5 Å². The monoisotopic (exact) mass is 334 g/mol. The predicted octanol–water partition coefficient (Wildman–Crippen LogP) is 3.18. The molecule has 2 heterocycles. The fourth-order valence-electron chi connectivity index (χ4n) is 3.75. The van der Waals surface area contributed by atoms with Crippen molar-refractivity contribution in [2.24, 2.45) is 5.92 Å². The van der Waals surface area contributed by atoms with Crippen molar-refractivity contribution in [1.29, 1.82) is 0 Å². The first-order chi connectivity index (χ1) is 11.3. The zero-order valence-electron chi connectivity index (χ0n) is 14.2. The molecule has 1 aromatic rings. The lowest BCUT2D eigenvalue weighted by molar-refractivity contribution is 0.145. The third kappa shape index (κ3) is 5.21. The highest BCUT2D eigenvalue weighted by Gasteiger charge is 2.25. The largest absolute Gasteiger partial charge is 0.381 e. The molecule has 0 radical (unpaired) electrons. The molecule has 0 saturated carbocycles. The molecule has 0 unspecified atom stereocenters. The maximum Gasteiger partial charge on any atom is 0.0507 e. The van der Waals surface area contributed by atoms with Gasteiger partial charge in [-0.2, -0.15) is 11.8 Å². The molecule has 1 N–H and O–H groups in total. The summed E-state index contributed by atoms with van der Waals surface area (Å²) in [5.41, 5.74) is 1.42. The third-order valence-electron chi connectivity index (χ3n) is 5.10. The number of hydrogen-bond donors (Lipinski definition) is 1. The zero-order chi connectivity index (χ0) is 15.9. The summed E-state index contributed by atoms with van der Waals surface area (Å²) in [4.78, 5) is 2.64. The number of ether oxygens (including phenoxy) is 1. The van der Waals surface area contributed by atoms with E-state index in [0.717, 1.165) is 24.9 Å². The standard InChI is InChI=1S/C19H30N2OS/c1-23-15-19(17-5-3-2-4-6-17)20-18-7-10-21(11-8-18)13-16-9-12-22-14-16/h2-6,16,18-20H,7-15H2,1H3/t16-,19+/m0/s1. The molecule has 0 aromatic heterocycles. The Bertz CT molecular complexity index is 442. The van der Waals surface area contributed by atoms with Gasteiger partial charge in [-0.1, -0.05) is 30.3 Å². The van der Waals surface area contributed by atoms with Gasteiger partial charge in [-0.15, -0.1) is 0 Å². The first-order valence-corrected chi connectivity index (χ1v) is 10.3. The maximum absolute atomic E-state index is 5.51. The van der Waals surface area contributed by atoms with Gasteiger partial charge >= 0.3 is 0 Å². The Balaban J connectivity index is 1.46. The van der Waals surface area contributed by atoms with Crippen LogP contribution in [0.25, 0.3) is 0 Å². The molecule has 1 aromatic carbocycles. The van der Waals surface area contributed by atoms with Crippen molar-refractivity contribution in [2.45, 2.75) is 31.3 Å². The molecule has 0 aliphatic carbocycles. The van der Waals surface area contributed by atoms with E-state index in [1.54, 1.807) is 0 Å². The van der Waals surface area contributed by atoms with Crippen LogP contribution in [0.2, 0.25) is 0 Å². The van der Waals surface area contributed by atoms with Gasteiger partial charge < -0.3 is 15.0 Å². The van der Waals surface area contributed by atoms with E-state index < -0.39 is 0 Å². The van der Waals surface area contributed by atoms with E-state index in [1.165, 1.54) is 44.5 Å². The van der Waals surface area contributed by atoms with Gasteiger partial charge in [-0.25, -0.2) is 0 Å². The van der Waals surface area contributed by atoms with Crippen molar-refractivity contribution in [2.75, 3.05) is 44.9 Å². The van der Waals surface area contributed by atoms with Crippen LogP contribution in [0, 0.1) is 5.92 Å². The van der Waals surface area contributed by atoms with E-state index in [1.807, 2.05) is 11.8 Å². The summed E-state index contributed by atoms with van der Waals surface area (Å²) in [7, 11) is 0. The Morgan fingerprint density at radius 1 is 1.22 bits per heavy atom. The van der Waals surface area contributed by atoms with Gasteiger partial charge in [-0.05, 0) is 50.1 Å². The molecule has 0 amide bonds. The Morgan fingerprint density at radius 2 is 2.00 bits per heavy atom. The summed E-state index contributed by atoms with van der Waals surface area (Å²) in [6.07, 6.45) is 5.99. The number of benzene rings is 1. The lowest BCUT2D eigenvalue weighted by Crippen LogP contribution is -2.45. The van der Waals surface area contributed by atoms with Crippen LogP contribution < -0.4 is 5.32 Å². The van der Waals surface area contributed by atoms with Crippen LogP contribution in [0.3, 0.4) is 0 Å². The van der Waals surface area contributed by atoms with Crippen molar-refractivity contribution in [3.8, 4) is 0 Å². The minimum atomic E-state index is 0.478. The molecular weight excluding hydrogens is 304 g/mol. The second-order valence-corrected chi connectivity index (χ2v) is 7.80. The van der Waals surface area contributed by atoms with Crippen molar-refractivity contribution in [1.82, 2.24) is 10.2 Å². The molecule has 2 fully saturated rings. The summed E-state index contributed by atoms with van der Waals surface area (Å²) >= 11 is 1.93. The van der Waals surface area contributed by atoms with E-state index in [-0.39, 0.29) is 0 Å². The second-order valence-electron chi connectivity index (χ2n) is 6.89. The molecular formula is C19H30N2OS. The van der Waals surface area contributed by atoms with Crippen LogP contribution in [0.5, 0.6) is 0 Å². The molecule has 2 aliphatic heterocycles. The molecule has 3 rings (SSSR count). The molecule has 23 heavy (non-hydrogen) atoms. The van der Waals surface area contributed by atoms with Gasteiger partial charge in [-0.3, -0.25) is 0 Å². The van der Waals surface area contributed by atoms with E-state index in [9.17, 15) is 0 Å². The number of hydrogen-bond acceptors (Lipinski definition) is 4.